The van der Waals surface area contributed by atoms with Crippen LogP contribution in [0, 0.1) is 10.5 Å². The van der Waals surface area contributed by atoms with E-state index in [1.54, 1.807) is 12.1 Å². The van der Waals surface area contributed by atoms with Gasteiger partial charge in [0.15, 0.2) is 0 Å². The summed E-state index contributed by atoms with van der Waals surface area (Å²) in [5, 5.41) is 0. The second-order valence-corrected chi connectivity index (χ2v) is 5.70. The van der Waals surface area contributed by atoms with Crippen LogP contribution in [-0.4, -0.2) is 9.97 Å². The third-order valence-electron chi connectivity index (χ3n) is 3.77. The van der Waals surface area contributed by atoms with Crippen LogP contribution in [0.5, 0.6) is 0 Å². The largest absolute Gasteiger partial charge is 0.347 e. The maximum atomic E-state index is 13.2. The Balaban J connectivity index is 1.93. The minimum atomic E-state index is -0.212. The van der Waals surface area contributed by atoms with Crippen molar-refractivity contribution >= 4 is 12.2 Å². The van der Waals surface area contributed by atoms with E-state index in [1.165, 1.54) is 36.6 Å². The number of hydrogen-bond acceptors (Lipinski definition) is 2. The van der Waals surface area contributed by atoms with Crippen molar-refractivity contribution in [1.29, 1.82) is 0 Å². The minimum absolute atomic E-state index is 0.212. The van der Waals surface area contributed by atoms with Gasteiger partial charge >= 0.3 is 0 Å². The molecule has 20 heavy (non-hydrogen) atoms. The summed E-state index contributed by atoms with van der Waals surface area (Å²) >= 11 is 5.42. The molecule has 1 aromatic carbocycles. The van der Waals surface area contributed by atoms with Gasteiger partial charge in [-0.05, 0) is 43.4 Å². The number of nitrogens with zero attached hydrogens (tertiary/aromatic N) is 1. The fourth-order valence-corrected chi connectivity index (χ4v) is 3.11. The van der Waals surface area contributed by atoms with E-state index >= 15 is 0 Å². The van der Waals surface area contributed by atoms with Crippen LogP contribution < -0.4 is 0 Å². The van der Waals surface area contributed by atoms with E-state index in [0.29, 0.717) is 11.1 Å². The number of H-pyrrole nitrogens is 1. The molecule has 0 amide bonds. The highest BCUT2D eigenvalue weighted by Gasteiger charge is 2.12. The molecule has 0 spiro atoms. The molecule has 0 atom stereocenters. The Morgan fingerprint density at radius 3 is 2.90 bits per heavy atom. The topological polar surface area (TPSA) is 28.7 Å². The lowest BCUT2D eigenvalue weighted by atomic mass is 10.1. The van der Waals surface area contributed by atoms with Crippen LogP contribution in [-0.2, 0) is 19.3 Å². The van der Waals surface area contributed by atoms with Crippen molar-refractivity contribution in [2.24, 2.45) is 0 Å². The highest BCUT2D eigenvalue weighted by molar-refractivity contribution is 7.71. The van der Waals surface area contributed by atoms with Gasteiger partial charge in [-0.1, -0.05) is 30.8 Å². The van der Waals surface area contributed by atoms with Crippen molar-refractivity contribution in [3.05, 3.63) is 57.4 Å². The second kappa shape index (κ2) is 5.83. The molecular weight excluding hydrogens is 271 g/mol. The predicted molar refractivity (Wildman–Crippen MR) is 79.9 cm³/mol. The Morgan fingerprint density at radius 1 is 1.20 bits per heavy atom. The maximum absolute atomic E-state index is 13.2. The van der Waals surface area contributed by atoms with E-state index in [-0.39, 0.29) is 5.82 Å². The minimum Gasteiger partial charge on any atom is -0.347 e. The van der Waals surface area contributed by atoms with Crippen LogP contribution in [0.3, 0.4) is 0 Å². The summed E-state index contributed by atoms with van der Waals surface area (Å²) < 4.78 is 13.9. The van der Waals surface area contributed by atoms with Crippen molar-refractivity contribution in [3.8, 4) is 0 Å². The first kappa shape index (κ1) is 13.4. The Kier molecular flexibility index (Phi) is 3.92. The maximum Gasteiger partial charge on any atom is 0.133 e. The van der Waals surface area contributed by atoms with Crippen LogP contribution in [0.1, 0.15) is 41.9 Å². The smallest absolute Gasteiger partial charge is 0.133 e. The van der Waals surface area contributed by atoms with Crippen molar-refractivity contribution in [3.63, 3.8) is 0 Å². The van der Waals surface area contributed by atoms with E-state index < -0.39 is 0 Å². The van der Waals surface area contributed by atoms with Crippen molar-refractivity contribution in [2.75, 3.05) is 0 Å². The highest BCUT2D eigenvalue weighted by Crippen LogP contribution is 2.20. The van der Waals surface area contributed by atoms with Gasteiger partial charge in [0.25, 0.3) is 0 Å². The molecule has 0 saturated carbocycles. The zero-order valence-electron chi connectivity index (χ0n) is 11.3. The number of aromatic amines is 1. The molecule has 1 aliphatic rings. The summed E-state index contributed by atoms with van der Waals surface area (Å²) in [6.07, 6.45) is 6.29. The third-order valence-corrected chi connectivity index (χ3v) is 4.11. The summed E-state index contributed by atoms with van der Waals surface area (Å²) in [6, 6.07) is 6.64. The second-order valence-electron chi connectivity index (χ2n) is 5.31. The lowest BCUT2D eigenvalue weighted by Gasteiger charge is -2.09. The fraction of sp³-hybridized carbons (Fsp3) is 0.375. The molecule has 0 saturated heterocycles. The zero-order chi connectivity index (χ0) is 13.9. The molecule has 0 fully saturated rings. The van der Waals surface area contributed by atoms with Crippen molar-refractivity contribution < 1.29 is 4.39 Å². The molecule has 104 valence electrons. The first-order valence-electron chi connectivity index (χ1n) is 7.08. The van der Waals surface area contributed by atoms with Gasteiger partial charge in [0, 0.05) is 17.7 Å². The molecular formula is C16H17FN2S. The Hall–Kier alpha value is -1.55. The number of nitrogens with one attached hydrogen (secondary N) is 1. The molecule has 0 unspecified atom stereocenters. The lowest BCUT2D eigenvalue weighted by molar-refractivity contribution is 0.625. The van der Waals surface area contributed by atoms with E-state index in [1.807, 2.05) is 6.07 Å². The summed E-state index contributed by atoms with van der Waals surface area (Å²) in [7, 11) is 0. The molecule has 1 N–H and O–H groups in total. The number of halogens is 1. The molecule has 3 rings (SSSR count). The van der Waals surface area contributed by atoms with Gasteiger partial charge in [-0.3, -0.25) is 0 Å². The number of fused-ring (bicyclic) bond motifs is 1. The van der Waals surface area contributed by atoms with Gasteiger partial charge in [-0.15, -0.1) is 0 Å². The van der Waals surface area contributed by atoms with Crippen LogP contribution in [0.4, 0.5) is 4.39 Å². The van der Waals surface area contributed by atoms with E-state index in [0.717, 1.165) is 24.2 Å². The van der Waals surface area contributed by atoms with Gasteiger partial charge in [0.05, 0.1) is 0 Å². The number of rotatable bonds is 2. The first-order valence-corrected chi connectivity index (χ1v) is 7.48. The SMILES string of the molecule is Fc1cccc(Cc2nc(=S)c3c([nH]2)CCCCC3)c1. The molecule has 0 bridgehead atoms. The predicted octanol–water partition coefficient (Wildman–Crippen LogP) is 4.14. The average molecular weight is 288 g/mol. The van der Waals surface area contributed by atoms with Crippen LogP contribution >= 0.6 is 12.2 Å². The number of hydrogen-bond donors (Lipinski definition) is 1. The monoisotopic (exact) mass is 288 g/mol. The molecule has 1 heterocycles. The third kappa shape index (κ3) is 2.96. The molecule has 0 aliphatic heterocycles. The average Bonchev–Trinajstić information content (AvgIpc) is 2.64. The quantitative estimate of drug-likeness (QED) is 0.664. The molecule has 2 nitrogen and oxygen atoms in total. The van der Waals surface area contributed by atoms with Gasteiger partial charge in [-0.2, -0.15) is 0 Å². The highest BCUT2D eigenvalue weighted by atomic mass is 32.1. The number of aromatic nitrogens is 2. The van der Waals surface area contributed by atoms with Crippen molar-refractivity contribution in [2.45, 2.75) is 38.5 Å². The summed E-state index contributed by atoms with van der Waals surface area (Å²) in [4.78, 5) is 7.90. The Morgan fingerprint density at radius 2 is 2.05 bits per heavy atom. The summed E-state index contributed by atoms with van der Waals surface area (Å²) in [5.74, 6) is 0.622. The molecule has 4 heteroatoms. The van der Waals surface area contributed by atoms with Gasteiger partial charge in [0.2, 0.25) is 0 Å². The first-order chi connectivity index (χ1) is 9.72. The Labute approximate surface area is 123 Å². The summed E-state index contributed by atoms with van der Waals surface area (Å²) in [6.45, 7) is 0. The van der Waals surface area contributed by atoms with E-state index in [2.05, 4.69) is 9.97 Å². The van der Waals surface area contributed by atoms with Crippen molar-refractivity contribution in [1.82, 2.24) is 9.97 Å². The molecule has 1 aliphatic carbocycles. The standard InChI is InChI=1S/C16H17FN2S/c17-12-6-4-5-11(9-12)10-15-18-14-8-3-1-2-7-13(14)16(20)19-15/h4-6,9H,1-3,7-8,10H2,(H,18,19,20). The lowest BCUT2D eigenvalue weighted by Crippen LogP contribution is -2.05. The van der Waals surface area contributed by atoms with Crippen LogP contribution in [0.2, 0.25) is 0 Å². The summed E-state index contributed by atoms with van der Waals surface area (Å²) in [5.41, 5.74) is 3.35. The van der Waals surface area contributed by atoms with Gasteiger partial charge in [-0.25, -0.2) is 9.37 Å². The normalized spacial score (nSPS) is 14.7. The zero-order valence-corrected chi connectivity index (χ0v) is 12.1. The van der Waals surface area contributed by atoms with Gasteiger partial charge < -0.3 is 4.98 Å². The van der Waals surface area contributed by atoms with E-state index in [4.69, 9.17) is 12.2 Å². The molecule has 0 radical (unpaired) electrons. The fourth-order valence-electron chi connectivity index (χ4n) is 2.77. The number of aryl methyl sites for hydroxylation is 1. The van der Waals surface area contributed by atoms with Crippen LogP contribution in [0.15, 0.2) is 24.3 Å². The molecule has 1 aromatic heterocycles. The van der Waals surface area contributed by atoms with E-state index in [9.17, 15) is 4.39 Å². The van der Waals surface area contributed by atoms with Gasteiger partial charge in [0.1, 0.15) is 16.3 Å². The van der Waals surface area contributed by atoms with Crippen LogP contribution in [0.25, 0.3) is 0 Å². The number of benzene rings is 1. The molecule has 2 aromatic rings. The Bertz CT molecular complexity index is 678.